The van der Waals surface area contributed by atoms with E-state index in [0.29, 0.717) is 21.3 Å². The van der Waals surface area contributed by atoms with Crippen molar-refractivity contribution >= 4 is 57.3 Å². The van der Waals surface area contributed by atoms with Crippen molar-refractivity contribution in [3.8, 4) is 0 Å². The highest BCUT2D eigenvalue weighted by molar-refractivity contribution is 6.35. The summed E-state index contributed by atoms with van der Waals surface area (Å²) in [5, 5.41) is 9.03. The average Bonchev–Trinajstić information content (AvgIpc) is 3.39. The molecule has 1 unspecified atom stereocenters. The number of hydrogen-bond donors (Lipinski definition) is 2. The predicted molar refractivity (Wildman–Crippen MR) is 165 cm³/mol. The molecule has 0 radical (unpaired) electrons. The maximum absolute atomic E-state index is 13.6. The molecule has 0 bridgehead atoms. The molecule has 2 aliphatic rings. The highest BCUT2D eigenvalue weighted by Crippen LogP contribution is 2.33. The second kappa shape index (κ2) is 11.6. The standard InChI is InChI=1S/C32H31Cl2N5O2/c1-38(25-11-14-39(15-12-25)26-7-4-23-19-35-13-10-21(23)16-26)31(40)22-3-2-20-5-9-29(27(20)17-22)36-32(41)37-30-18-24(33)6-8-28(30)34/h2-4,6-8,10,13,16-19,25,29H,5,9,11-12,14-15H2,1H3,(H2,36,37,41). The van der Waals surface area contributed by atoms with E-state index in [4.69, 9.17) is 23.2 Å². The molecule has 41 heavy (non-hydrogen) atoms. The van der Waals surface area contributed by atoms with Gasteiger partial charge >= 0.3 is 6.03 Å². The number of anilines is 2. The summed E-state index contributed by atoms with van der Waals surface area (Å²) in [6, 6.07) is 18.9. The summed E-state index contributed by atoms with van der Waals surface area (Å²) in [5.74, 6) is 0.00488. The number of aryl methyl sites for hydroxylation is 1. The van der Waals surface area contributed by atoms with E-state index in [-0.39, 0.29) is 24.0 Å². The molecule has 0 spiro atoms. The number of pyridine rings is 1. The highest BCUT2D eigenvalue weighted by atomic mass is 35.5. The van der Waals surface area contributed by atoms with Gasteiger partial charge in [-0.3, -0.25) is 9.78 Å². The molecule has 1 atom stereocenters. The SMILES string of the molecule is CN(C(=O)c1ccc2c(c1)C(NC(=O)Nc1cc(Cl)ccc1Cl)CC2)C1CCN(c2ccc3cnccc3c2)CC1. The Hall–Kier alpha value is -3.81. The van der Waals surface area contributed by atoms with Crippen LogP contribution in [-0.4, -0.2) is 48.0 Å². The molecule has 1 aliphatic carbocycles. The van der Waals surface area contributed by atoms with Crippen molar-refractivity contribution in [3.63, 3.8) is 0 Å². The Balaban J connectivity index is 1.09. The predicted octanol–water partition coefficient (Wildman–Crippen LogP) is 7.09. The normalized spacial score (nSPS) is 16.9. The molecular formula is C32H31Cl2N5O2. The van der Waals surface area contributed by atoms with Crippen molar-refractivity contribution in [3.05, 3.63) is 99.8 Å². The first-order valence-corrected chi connectivity index (χ1v) is 14.6. The Bertz CT molecular complexity index is 1620. The van der Waals surface area contributed by atoms with Gasteiger partial charge in [0.1, 0.15) is 0 Å². The van der Waals surface area contributed by atoms with Crippen LogP contribution in [0.1, 0.15) is 46.8 Å². The van der Waals surface area contributed by atoms with Gasteiger partial charge in [0, 0.05) is 60.2 Å². The molecule has 1 aliphatic heterocycles. The second-order valence-electron chi connectivity index (χ2n) is 10.8. The van der Waals surface area contributed by atoms with Gasteiger partial charge in [0.2, 0.25) is 0 Å². The Morgan fingerprint density at radius 1 is 0.951 bits per heavy atom. The number of carbonyl (C=O) groups excluding carboxylic acids is 2. The molecule has 7 nitrogen and oxygen atoms in total. The smallest absolute Gasteiger partial charge is 0.319 e. The van der Waals surface area contributed by atoms with Crippen molar-refractivity contribution in [1.29, 1.82) is 0 Å². The highest BCUT2D eigenvalue weighted by Gasteiger charge is 2.29. The molecule has 210 valence electrons. The number of piperidine rings is 1. The molecule has 2 N–H and O–H groups in total. The van der Waals surface area contributed by atoms with E-state index in [1.807, 2.05) is 48.6 Å². The maximum atomic E-state index is 13.6. The molecule has 9 heteroatoms. The zero-order chi connectivity index (χ0) is 28.5. The van der Waals surface area contributed by atoms with Crippen LogP contribution in [0.15, 0.2) is 73.1 Å². The summed E-state index contributed by atoms with van der Waals surface area (Å²) in [6.07, 6.45) is 7.11. The lowest BCUT2D eigenvalue weighted by atomic mass is 10.00. The number of fused-ring (bicyclic) bond motifs is 2. The van der Waals surface area contributed by atoms with Gasteiger partial charge in [0.05, 0.1) is 16.8 Å². The van der Waals surface area contributed by atoms with Crippen molar-refractivity contribution in [1.82, 2.24) is 15.2 Å². The maximum Gasteiger partial charge on any atom is 0.319 e. The Morgan fingerprint density at radius 3 is 2.61 bits per heavy atom. The molecule has 2 heterocycles. The Labute approximate surface area is 249 Å². The van der Waals surface area contributed by atoms with Crippen molar-refractivity contribution in [2.45, 2.75) is 37.8 Å². The number of benzene rings is 3. The molecule has 1 saturated heterocycles. The van der Waals surface area contributed by atoms with Crippen LogP contribution in [-0.2, 0) is 6.42 Å². The molecule has 4 aromatic rings. The fourth-order valence-electron chi connectivity index (χ4n) is 5.94. The van der Waals surface area contributed by atoms with E-state index in [0.717, 1.165) is 55.3 Å². The molecule has 3 aromatic carbocycles. The molecule has 1 fully saturated rings. The molecular weight excluding hydrogens is 557 g/mol. The van der Waals surface area contributed by atoms with E-state index in [1.165, 1.54) is 11.1 Å². The summed E-state index contributed by atoms with van der Waals surface area (Å²) in [5.41, 5.74) is 4.43. The number of aromatic nitrogens is 1. The average molecular weight is 589 g/mol. The first-order chi connectivity index (χ1) is 19.9. The number of nitrogens with one attached hydrogen (secondary N) is 2. The van der Waals surface area contributed by atoms with Crippen LogP contribution in [0.25, 0.3) is 10.8 Å². The summed E-state index contributed by atoms with van der Waals surface area (Å²) < 4.78 is 0. The van der Waals surface area contributed by atoms with Crippen molar-refractivity contribution < 1.29 is 9.59 Å². The van der Waals surface area contributed by atoms with Crippen LogP contribution < -0.4 is 15.5 Å². The number of nitrogens with zero attached hydrogens (tertiary/aromatic N) is 3. The lowest BCUT2D eigenvalue weighted by Gasteiger charge is -2.38. The van der Waals surface area contributed by atoms with Crippen LogP contribution in [0.5, 0.6) is 0 Å². The Kier molecular flexibility index (Phi) is 7.73. The topological polar surface area (TPSA) is 77.6 Å². The number of halogens is 2. The van der Waals surface area contributed by atoms with Gasteiger partial charge < -0.3 is 20.4 Å². The van der Waals surface area contributed by atoms with Gasteiger partial charge in [0.15, 0.2) is 0 Å². The number of urea groups is 1. The minimum atomic E-state index is -0.365. The third-order valence-corrected chi connectivity index (χ3v) is 8.84. The van der Waals surface area contributed by atoms with E-state index in [9.17, 15) is 9.59 Å². The van der Waals surface area contributed by atoms with E-state index in [1.54, 1.807) is 18.2 Å². The first-order valence-electron chi connectivity index (χ1n) is 13.9. The van der Waals surface area contributed by atoms with Crippen LogP contribution in [0, 0.1) is 0 Å². The van der Waals surface area contributed by atoms with Crippen molar-refractivity contribution in [2.24, 2.45) is 0 Å². The zero-order valence-electron chi connectivity index (χ0n) is 22.7. The van der Waals surface area contributed by atoms with Gasteiger partial charge in [-0.25, -0.2) is 4.79 Å². The number of rotatable bonds is 5. The monoisotopic (exact) mass is 587 g/mol. The van der Waals surface area contributed by atoms with Gasteiger partial charge in [-0.05, 0) is 90.7 Å². The van der Waals surface area contributed by atoms with E-state index >= 15 is 0 Å². The zero-order valence-corrected chi connectivity index (χ0v) is 24.3. The fraction of sp³-hybridized carbons (Fsp3) is 0.281. The van der Waals surface area contributed by atoms with Crippen LogP contribution in [0.3, 0.4) is 0 Å². The number of amides is 3. The van der Waals surface area contributed by atoms with Crippen LogP contribution >= 0.6 is 23.2 Å². The quantitative estimate of drug-likeness (QED) is 0.261. The molecule has 3 amide bonds. The largest absolute Gasteiger partial charge is 0.371 e. The number of carbonyl (C=O) groups is 2. The van der Waals surface area contributed by atoms with Gasteiger partial charge in [0.25, 0.3) is 5.91 Å². The molecule has 0 saturated carbocycles. The van der Waals surface area contributed by atoms with Crippen LogP contribution in [0.4, 0.5) is 16.2 Å². The Morgan fingerprint density at radius 2 is 1.78 bits per heavy atom. The third kappa shape index (κ3) is 5.83. The summed E-state index contributed by atoms with van der Waals surface area (Å²) in [4.78, 5) is 34.8. The third-order valence-electron chi connectivity index (χ3n) is 8.27. The minimum Gasteiger partial charge on any atom is -0.371 e. The lowest BCUT2D eigenvalue weighted by molar-refractivity contribution is 0.0709. The van der Waals surface area contributed by atoms with Gasteiger partial charge in [-0.15, -0.1) is 0 Å². The van der Waals surface area contributed by atoms with Gasteiger partial charge in [-0.1, -0.05) is 35.3 Å². The summed E-state index contributed by atoms with van der Waals surface area (Å²) in [7, 11) is 1.90. The summed E-state index contributed by atoms with van der Waals surface area (Å²) >= 11 is 12.2. The van der Waals surface area contributed by atoms with E-state index < -0.39 is 0 Å². The molecule has 6 rings (SSSR count). The van der Waals surface area contributed by atoms with Crippen molar-refractivity contribution in [2.75, 3.05) is 30.4 Å². The van der Waals surface area contributed by atoms with Gasteiger partial charge in [-0.2, -0.15) is 0 Å². The lowest BCUT2D eigenvalue weighted by Crippen LogP contribution is -2.45. The fourth-order valence-corrected chi connectivity index (χ4v) is 6.28. The summed E-state index contributed by atoms with van der Waals surface area (Å²) in [6.45, 7) is 1.78. The van der Waals surface area contributed by atoms with Crippen LogP contribution in [0.2, 0.25) is 10.0 Å². The minimum absolute atomic E-state index is 0.00488. The second-order valence-corrected chi connectivity index (χ2v) is 11.6. The first kappa shape index (κ1) is 27.4. The number of hydrogen-bond acceptors (Lipinski definition) is 4. The van der Waals surface area contributed by atoms with E-state index in [2.05, 4.69) is 38.7 Å². The molecule has 1 aromatic heterocycles.